The summed E-state index contributed by atoms with van der Waals surface area (Å²) in [4.78, 5) is 24.5. The Hall–Kier alpha value is -3.72. The predicted octanol–water partition coefficient (Wildman–Crippen LogP) is 6.70. The van der Waals surface area contributed by atoms with Gasteiger partial charge in [0.05, 0.1) is 17.0 Å². The largest absolute Gasteiger partial charge is 0.494 e. The van der Waals surface area contributed by atoms with E-state index in [2.05, 4.69) is 77.4 Å². The van der Waals surface area contributed by atoms with Gasteiger partial charge in [-0.25, -0.2) is 4.79 Å². The van der Waals surface area contributed by atoms with E-state index in [1.165, 1.54) is 22.5 Å². The third-order valence-corrected chi connectivity index (χ3v) is 7.55. The molecule has 0 saturated carbocycles. The first-order chi connectivity index (χ1) is 20.5. The van der Waals surface area contributed by atoms with Crippen LogP contribution >= 0.6 is 11.3 Å². The van der Waals surface area contributed by atoms with Crippen molar-refractivity contribution >= 4 is 17.4 Å². The van der Waals surface area contributed by atoms with Crippen molar-refractivity contribution in [2.75, 3.05) is 40.3 Å². The standard InChI is InChI=1S/C34H42N4O3S/c1-36(2)19-10-22-40-32-17-15-31(16-18-32)25-37(24-29-11-5-3-6-12-29)20-9-21-38(26-30-13-7-4-8-14-30)34(39)41-27-33-23-35-28-42-33/h3-8,11-18,23,28H,9-10,19-22,24-27H2,1-2H3. The average molecular weight is 587 g/mol. The van der Waals surface area contributed by atoms with Crippen molar-refractivity contribution in [3.8, 4) is 5.75 Å². The summed E-state index contributed by atoms with van der Waals surface area (Å²) in [6.07, 6.45) is 3.26. The second kappa shape index (κ2) is 17.3. The normalized spacial score (nSPS) is 11.1. The zero-order chi connectivity index (χ0) is 29.4. The van der Waals surface area contributed by atoms with Crippen LogP contribution in [0.2, 0.25) is 0 Å². The SMILES string of the molecule is CN(C)CCCOc1ccc(CN(CCCN(Cc2ccccc2)C(=O)OCc2cncs2)Cc2ccccc2)cc1. The summed E-state index contributed by atoms with van der Waals surface area (Å²) in [7, 11) is 4.15. The van der Waals surface area contributed by atoms with Crippen LogP contribution < -0.4 is 4.74 Å². The van der Waals surface area contributed by atoms with Crippen molar-refractivity contribution in [3.05, 3.63) is 118 Å². The maximum absolute atomic E-state index is 13.1. The highest BCUT2D eigenvalue weighted by Crippen LogP contribution is 2.17. The summed E-state index contributed by atoms with van der Waals surface area (Å²) in [5.41, 5.74) is 5.33. The van der Waals surface area contributed by atoms with Crippen molar-refractivity contribution < 1.29 is 14.3 Å². The quantitative estimate of drug-likeness (QED) is 0.128. The molecule has 0 saturated heterocycles. The third kappa shape index (κ3) is 11.3. The summed E-state index contributed by atoms with van der Waals surface area (Å²) in [5, 5.41) is 0. The number of benzene rings is 3. The van der Waals surface area contributed by atoms with Gasteiger partial charge in [-0.3, -0.25) is 9.88 Å². The minimum Gasteiger partial charge on any atom is -0.494 e. The van der Waals surface area contributed by atoms with Crippen molar-refractivity contribution in [1.82, 2.24) is 19.7 Å². The number of rotatable bonds is 17. The Labute approximate surface area is 254 Å². The summed E-state index contributed by atoms with van der Waals surface area (Å²) >= 11 is 1.49. The van der Waals surface area contributed by atoms with Gasteiger partial charge in [-0.05, 0) is 55.8 Å². The molecular weight excluding hydrogens is 544 g/mol. The van der Waals surface area contributed by atoms with Gasteiger partial charge in [-0.2, -0.15) is 0 Å². The van der Waals surface area contributed by atoms with Crippen molar-refractivity contribution in [2.24, 2.45) is 0 Å². The topological polar surface area (TPSA) is 58.1 Å². The van der Waals surface area contributed by atoms with Crippen LogP contribution in [0.15, 0.2) is 96.6 Å². The monoisotopic (exact) mass is 586 g/mol. The van der Waals surface area contributed by atoms with Crippen LogP contribution in [0, 0.1) is 0 Å². The highest BCUT2D eigenvalue weighted by atomic mass is 32.1. The molecule has 42 heavy (non-hydrogen) atoms. The molecule has 1 amide bonds. The first-order valence-electron chi connectivity index (χ1n) is 14.5. The molecule has 3 aromatic carbocycles. The average Bonchev–Trinajstić information content (AvgIpc) is 3.53. The lowest BCUT2D eigenvalue weighted by molar-refractivity contribution is 0.0921. The molecule has 0 bridgehead atoms. The molecular formula is C34H42N4O3S. The molecule has 0 unspecified atom stereocenters. The van der Waals surface area contributed by atoms with Gasteiger partial charge in [-0.1, -0.05) is 72.8 Å². The van der Waals surface area contributed by atoms with Gasteiger partial charge in [0, 0.05) is 45.5 Å². The molecule has 0 aliphatic heterocycles. The van der Waals surface area contributed by atoms with E-state index in [-0.39, 0.29) is 12.7 Å². The van der Waals surface area contributed by atoms with Crippen LogP contribution in [0.1, 0.15) is 34.4 Å². The second-order valence-electron chi connectivity index (χ2n) is 10.6. The molecule has 0 aliphatic carbocycles. The second-order valence-corrected chi connectivity index (χ2v) is 11.6. The molecule has 4 aromatic rings. The van der Waals surface area contributed by atoms with E-state index in [1.54, 1.807) is 16.6 Å². The van der Waals surface area contributed by atoms with Gasteiger partial charge in [0.15, 0.2) is 0 Å². The van der Waals surface area contributed by atoms with Crippen LogP contribution in [0.3, 0.4) is 0 Å². The number of ether oxygens (including phenoxy) is 2. The van der Waals surface area contributed by atoms with Crippen molar-refractivity contribution in [2.45, 2.75) is 39.1 Å². The fourth-order valence-electron chi connectivity index (χ4n) is 4.64. The fourth-order valence-corrected chi connectivity index (χ4v) is 5.14. The van der Waals surface area contributed by atoms with Crippen LogP contribution in [0.5, 0.6) is 5.75 Å². The number of hydrogen-bond acceptors (Lipinski definition) is 7. The number of thiazole rings is 1. The van der Waals surface area contributed by atoms with E-state index in [0.717, 1.165) is 55.2 Å². The molecule has 0 fully saturated rings. The summed E-state index contributed by atoms with van der Waals surface area (Å²) in [6.45, 7) is 5.55. The zero-order valence-corrected chi connectivity index (χ0v) is 25.5. The van der Waals surface area contributed by atoms with Gasteiger partial charge in [0.2, 0.25) is 0 Å². The molecule has 0 N–H and O–H groups in total. The zero-order valence-electron chi connectivity index (χ0n) is 24.7. The molecule has 222 valence electrons. The first kappa shape index (κ1) is 31.2. The van der Waals surface area contributed by atoms with Crippen LogP contribution in [-0.4, -0.2) is 66.1 Å². The van der Waals surface area contributed by atoms with E-state index < -0.39 is 0 Å². The Kier molecular flexibility index (Phi) is 12.8. The number of aromatic nitrogens is 1. The molecule has 0 atom stereocenters. The van der Waals surface area contributed by atoms with Crippen LogP contribution in [0.25, 0.3) is 0 Å². The van der Waals surface area contributed by atoms with E-state index in [0.29, 0.717) is 19.7 Å². The molecule has 7 nitrogen and oxygen atoms in total. The maximum Gasteiger partial charge on any atom is 0.410 e. The Balaban J connectivity index is 1.36. The number of nitrogens with zero attached hydrogens (tertiary/aromatic N) is 4. The third-order valence-electron chi connectivity index (χ3n) is 6.80. The fraction of sp³-hybridized carbons (Fsp3) is 0.353. The molecule has 4 rings (SSSR count). The van der Waals surface area contributed by atoms with Crippen molar-refractivity contribution in [1.29, 1.82) is 0 Å². The summed E-state index contributed by atoms with van der Waals surface area (Å²) in [5.74, 6) is 0.903. The number of amides is 1. The molecule has 1 aromatic heterocycles. The summed E-state index contributed by atoms with van der Waals surface area (Å²) < 4.78 is 11.6. The molecule has 0 aliphatic rings. The van der Waals surface area contributed by atoms with Gasteiger partial charge in [0.1, 0.15) is 12.4 Å². The van der Waals surface area contributed by atoms with Gasteiger partial charge >= 0.3 is 6.09 Å². The predicted molar refractivity (Wildman–Crippen MR) is 169 cm³/mol. The Morgan fingerprint density at radius 1 is 0.762 bits per heavy atom. The van der Waals surface area contributed by atoms with Crippen LogP contribution in [-0.2, 0) is 31.0 Å². The molecule has 1 heterocycles. The lowest BCUT2D eigenvalue weighted by Gasteiger charge is -2.26. The molecule has 0 radical (unpaired) electrons. The van der Waals surface area contributed by atoms with Crippen LogP contribution in [0.4, 0.5) is 4.79 Å². The minimum atomic E-state index is -0.303. The van der Waals surface area contributed by atoms with Crippen molar-refractivity contribution in [3.63, 3.8) is 0 Å². The number of carbonyl (C=O) groups excluding carboxylic acids is 1. The molecule has 8 heteroatoms. The summed E-state index contributed by atoms with van der Waals surface area (Å²) in [6, 6.07) is 29.0. The van der Waals surface area contributed by atoms with E-state index in [4.69, 9.17) is 9.47 Å². The van der Waals surface area contributed by atoms with E-state index in [9.17, 15) is 4.79 Å². The van der Waals surface area contributed by atoms with Gasteiger partial charge in [0.25, 0.3) is 0 Å². The van der Waals surface area contributed by atoms with E-state index in [1.807, 2.05) is 36.4 Å². The maximum atomic E-state index is 13.1. The highest BCUT2D eigenvalue weighted by molar-refractivity contribution is 7.09. The highest BCUT2D eigenvalue weighted by Gasteiger charge is 2.17. The minimum absolute atomic E-state index is 0.240. The lowest BCUT2D eigenvalue weighted by Crippen LogP contribution is -2.34. The Morgan fingerprint density at radius 2 is 1.40 bits per heavy atom. The molecule has 0 spiro atoms. The Morgan fingerprint density at radius 3 is 2.02 bits per heavy atom. The number of hydrogen-bond donors (Lipinski definition) is 0. The Bertz CT molecular complexity index is 1290. The lowest BCUT2D eigenvalue weighted by atomic mass is 10.1. The smallest absolute Gasteiger partial charge is 0.410 e. The van der Waals surface area contributed by atoms with Gasteiger partial charge < -0.3 is 19.3 Å². The first-order valence-corrected chi connectivity index (χ1v) is 15.4. The van der Waals surface area contributed by atoms with E-state index >= 15 is 0 Å². The van der Waals surface area contributed by atoms with Gasteiger partial charge in [-0.15, -0.1) is 11.3 Å². The number of carbonyl (C=O) groups is 1.